The standard InChI is InChI=1S/C5H11N2O/c1-4(2)5(6)7-3-8/h3-5H,6H2,1-2H3. The van der Waals surface area contributed by atoms with E-state index in [-0.39, 0.29) is 12.1 Å². The van der Waals surface area contributed by atoms with Crippen molar-refractivity contribution in [2.75, 3.05) is 0 Å². The molecular weight excluding hydrogens is 104 g/mol. The average Bonchev–Trinajstić information content (AvgIpc) is 1.67. The van der Waals surface area contributed by atoms with E-state index in [0.29, 0.717) is 6.41 Å². The molecule has 0 aliphatic heterocycles. The Morgan fingerprint density at radius 1 is 1.62 bits per heavy atom. The molecule has 1 unspecified atom stereocenters. The van der Waals surface area contributed by atoms with Crippen LogP contribution in [0.1, 0.15) is 13.8 Å². The Morgan fingerprint density at radius 3 is 2.25 bits per heavy atom. The van der Waals surface area contributed by atoms with Crippen LogP contribution < -0.4 is 11.1 Å². The van der Waals surface area contributed by atoms with E-state index >= 15 is 0 Å². The quantitative estimate of drug-likeness (QED) is 0.513. The molecule has 8 heavy (non-hydrogen) atoms. The molecule has 1 atom stereocenters. The van der Waals surface area contributed by atoms with E-state index in [1.54, 1.807) is 0 Å². The molecule has 2 N–H and O–H groups in total. The third-order valence-electron chi connectivity index (χ3n) is 0.916. The fourth-order valence-electron chi connectivity index (χ4n) is 0.242. The van der Waals surface area contributed by atoms with Crippen LogP contribution in [0.25, 0.3) is 0 Å². The summed E-state index contributed by atoms with van der Waals surface area (Å²) in [7, 11) is 0. The van der Waals surface area contributed by atoms with Crippen LogP contribution in [0.2, 0.25) is 0 Å². The second kappa shape index (κ2) is 3.43. The van der Waals surface area contributed by atoms with Crippen molar-refractivity contribution in [2.45, 2.75) is 20.0 Å². The fraction of sp³-hybridized carbons (Fsp3) is 0.800. The Kier molecular flexibility index (Phi) is 3.19. The zero-order chi connectivity index (χ0) is 6.57. The Balaban J connectivity index is 3.30. The number of carbonyl (C=O) groups is 1. The number of nitrogens with zero attached hydrogens (tertiary/aromatic N) is 1. The molecule has 1 radical (unpaired) electrons. The van der Waals surface area contributed by atoms with Gasteiger partial charge in [-0.15, -0.1) is 0 Å². The van der Waals surface area contributed by atoms with Gasteiger partial charge in [-0.2, -0.15) is 0 Å². The normalized spacial score (nSPS) is 13.5. The van der Waals surface area contributed by atoms with Crippen molar-refractivity contribution in [1.82, 2.24) is 5.32 Å². The highest BCUT2D eigenvalue weighted by atomic mass is 16.1. The highest BCUT2D eigenvalue weighted by Crippen LogP contribution is 1.92. The first-order valence-corrected chi connectivity index (χ1v) is 2.57. The minimum Gasteiger partial charge on any atom is -0.309 e. The topological polar surface area (TPSA) is 57.2 Å². The van der Waals surface area contributed by atoms with Gasteiger partial charge in [-0.25, -0.2) is 5.32 Å². The van der Waals surface area contributed by atoms with Gasteiger partial charge in [-0.1, -0.05) is 13.8 Å². The zero-order valence-electron chi connectivity index (χ0n) is 5.16. The molecule has 0 rings (SSSR count). The molecule has 0 saturated heterocycles. The molecule has 0 aromatic heterocycles. The lowest BCUT2D eigenvalue weighted by molar-refractivity contribution is -0.110. The number of hydrogen-bond donors (Lipinski definition) is 1. The monoisotopic (exact) mass is 115 g/mol. The maximum atomic E-state index is 9.67. The van der Waals surface area contributed by atoms with E-state index in [1.807, 2.05) is 13.8 Å². The molecule has 0 fully saturated rings. The fourth-order valence-corrected chi connectivity index (χ4v) is 0.242. The second-order valence-electron chi connectivity index (χ2n) is 1.99. The van der Waals surface area contributed by atoms with Gasteiger partial charge in [0, 0.05) is 0 Å². The van der Waals surface area contributed by atoms with E-state index in [0.717, 1.165) is 0 Å². The van der Waals surface area contributed by atoms with Crippen molar-refractivity contribution in [2.24, 2.45) is 11.7 Å². The summed E-state index contributed by atoms with van der Waals surface area (Å²) in [4.78, 5) is 9.67. The van der Waals surface area contributed by atoms with Gasteiger partial charge in [0.2, 0.25) is 6.41 Å². The average molecular weight is 115 g/mol. The van der Waals surface area contributed by atoms with Gasteiger partial charge in [0.15, 0.2) is 0 Å². The van der Waals surface area contributed by atoms with Crippen LogP contribution >= 0.6 is 0 Å². The molecule has 47 valence electrons. The minimum absolute atomic E-state index is 0.250. The molecular formula is C5H11N2O. The summed E-state index contributed by atoms with van der Waals surface area (Å²) in [5.41, 5.74) is 5.33. The van der Waals surface area contributed by atoms with Crippen LogP contribution in [0.3, 0.4) is 0 Å². The smallest absolute Gasteiger partial charge is 0.229 e. The summed E-state index contributed by atoms with van der Waals surface area (Å²) >= 11 is 0. The Bertz CT molecular complexity index is 72.8. The van der Waals surface area contributed by atoms with Gasteiger partial charge in [0.1, 0.15) is 6.17 Å². The molecule has 0 aromatic carbocycles. The molecule has 3 heteroatoms. The molecule has 0 bridgehead atoms. The van der Waals surface area contributed by atoms with Gasteiger partial charge in [0.05, 0.1) is 0 Å². The third-order valence-corrected chi connectivity index (χ3v) is 0.916. The lowest BCUT2D eigenvalue weighted by Gasteiger charge is -2.09. The van der Waals surface area contributed by atoms with Gasteiger partial charge in [-0.3, -0.25) is 4.79 Å². The van der Waals surface area contributed by atoms with E-state index in [1.165, 1.54) is 0 Å². The molecule has 0 spiro atoms. The third kappa shape index (κ3) is 2.58. The summed E-state index contributed by atoms with van der Waals surface area (Å²) in [5.74, 6) is 0.250. The molecule has 0 aliphatic rings. The van der Waals surface area contributed by atoms with Gasteiger partial charge >= 0.3 is 0 Å². The Morgan fingerprint density at radius 2 is 2.12 bits per heavy atom. The van der Waals surface area contributed by atoms with E-state index in [9.17, 15) is 4.79 Å². The summed E-state index contributed by atoms with van der Waals surface area (Å²) in [6.45, 7) is 3.83. The lowest BCUT2D eigenvalue weighted by atomic mass is 10.2. The lowest BCUT2D eigenvalue weighted by Crippen LogP contribution is -2.35. The second-order valence-corrected chi connectivity index (χ2v) is 1.99. The van der Waals surface area contributed by atoms with Crippen LogP contribution in [0.15, 0.2) is 0 Å². The first-order chi connectivity index (χ1) is 3.68. The van der Waals surface area contributed by atoms with Crippen LogP contribution in [0, 0.1) is 5.92 Å². The van der Waals surface area contributed by atoms with E-state index in [2.05, 4.69) is 5.32 Å². The maximum absolute atomic E-state index is 9.67. The van der Waals surface area contributed by atoms with Crippen LogP contribution in [-0.4, -0.2) is 12.6 Å². The van der Waals surface area contributed by atoms with Gasteiger partial charge in [0.25, 0.3) is 0 Å². The van der Waals surface area contributed by atoms with E-state index in [4.69, 9.17) is 5.73 Å². The first-order valence-electron chi connectivity index (χ1n) is 2.57. The number of hydrogen-bond acceptors (Lipinski definition) is 2. The summed E-state index contributed by atoms with van der Waals surface area (Å²) in [5, 5.41) is 3.42. The van der Waals surface area contributed by atoms with Crippen LogP contribution in [0.4, 0.5) is 0 Å². The van der Waals surface area contributed by atoms with Gasteiger partial charge in [-0.05, 0) is 5.92 Å². The molecule has 0 aliphatic carbocycles. The van der Waals surface area contributed by atoms with Crippen molar-refractivity contribution in [3.8, 4) is 0 Å². The largest absolute Gasteiger partial charge is 0.309 e. The molecule has 3 nitrogen and oxygen atoms in total. The van der Waals surface area contributed by atoms with Crippen molar-refractivity contribution >= 4 is 6.41 Å². The van der Waals surface area contributed by atoms with Crippen molar-refractivity contribution in [3.05, 3.63) is 0 Å². The summed E-state index contributed by atoms with van der Waals surface area (Å²) < 4.78 is 0. The molecule has 0 aromatic rings. The predicted octanol–water partition coefficient (Wildman–Crippen LogP) is -0.312. The maximum Gasteiger partial charge on any atom is 0.229 e. The summed E-state index contributed by atoms with van der Waals surface area (Å²) in [6, 6.07) is 0. The van der Waals surface area contributed by atoms with E-state index < -0.39 is 0 Å². The van der Waals surface area contributed by atoms with Crippen LogP contribution in [0.5, 0.6) is 0 Å². The minimum atomic E-state index is -0.326. The SMILES string of the molecule is CC(C)C(N)[N]C=O. The predicted molar refractivity (Wildman–Crippen MR) is 31.0 cm³/mol. The summed E-state index contributed by atoms with van der Waals surface area (Å²) in [6.07, 6.45) is 0.164. The zero-order valence-corrected chi connectivity index (χ0v) is 5.16. The van der Waals surface area contributed by atoms with Gasteiger partial charge < -0.3 is 5.73 Å². The number of nitrogens with two attached hydrogens (primary N) is 1. The number of carbonyl (C=O) groups excluding carboxylic acids is 1. The number of rotatable bonds is 3. The van der Waals surface area contributed by atoms with Crippen molar-refractivity contribution in [3.63, 3.8) is 0 Å². The highest BCUT2D eigenvalue weighted by molar-refractivity contribution is 5.45. The highest BCUT2D eigenvalue weighted by Gasteiger charge is 2.05. The molecule has 0 heterocycles. The Hall–Kier alpha value is -0.570. The number of amides is 1. The molecule has 1 amide bonds. The van der Waals surface area contributed by atoms with Crippen molar-refractivity contribution in [1.29, 1.82) is 0 Å². The van der Waals surface area contributed by atoms with Crippen LogP contribution in [-0.2, 0) is 4.79 Å². The van der Waals surface area contributed by atoms with Crippen molar-refractivity contribution < 1.29 is 4.79 Å². The Labute approximate surface area is 49.3 Å². The first kappa shape index (κ1) is 7.43. The molecule has 0 saturated carbocycles.